The van der Waals surface area contributed by atoms with E-state index in [1.807, 2.05) is 6.08 Å². The molecule has 0 aromatic heterocycles. The van der Waals surface area contributed by atoms with Crippen LogP contribution in [0.2, 0.25) is 0 Å². The van der Waals surface area contributed by atoms with Gasteiger partial charge in [-0.15, -0.1) is 15.8 Å². The Bertz CT molecular complexity index is 20.9. The summed E-state index contributed by atoms with van der Waals surface area (Å²) < 4.78 is 0. The smallest absolute Gasteiger partial charge is 0 e. The molecule has 0 amide bonds. The van der Waals surface area contributed by atoms with Crippen LogP contribution >= 0.6 is 9.24 Å². The fraction of sp³-hybridized carbons (Fsp3) is 0.333. The van der Waals surface area contributed by atoms with Crippen LogP contribution in [0.15, 0.2) is 12.7 Å². The van der Waals surface area contributed by atoms with E-state index in [9.17, 15) is 0 Å². The zero-order valence-electron chi connectivity index (χ0n) is 2.90. The van der Waals surface area contributed by atoms with Gasteiger partial charge in [-0.2, -0.15) is 0 Å². The van der Waals surface area contributed by atoms with Crippen molar-refractivity contribution in [1.29, 1.82) is 0 Å². The Labute approximate surface area is 45.4 Å². The second-order valence-corrected chi connectivity index (χ2v) is 0.996. The molecule has 0 fully saturated rings. The van der Waals surface area contributed by atoms with E-state index in [0.29, 0.717) is 0 Å². The van der Waals surface area contributed by atoms with Crippen LogP contribution in [0, 0.1) is 0 Å². The Balaban J connectivity index is 0. The van der Waals surface area contributed by atoms with E-state index in [0.717, 1.165) is 6.16 Å². The molecule has 0 saturated heterocycles. The maximum atomic E-state index is 3.46. The van der Waals surface area contributed by atoms with Crippen LogP contribution in [-0.4, -0.2) is 6.16 Å². The molecule has 0 aliphatic rings. The second-order valence-electron chi connectivity index (χ2n) is 0.524. The molecule has 2 heteroatoms. The normalized spacial score (nSPS) is 5.00. The predicted octanol–water partition coefficient (Wildman–Crippen LogP) is 1.04. The fourth-order valence-electron chi connectivity index (χ4n) is 0. The van der Waals surface area contributed by atoms with E-state index in [-0.39, 0.29) is 16.8 Å². The molecule has 0 aromatic rings. The van der Waals surface area contributed by atoms with E-state index >= 15 is 0 Å². The molecule has 0 saturated carbocycles. The first-order chi connectivity index (χ1) is 1.91. The monoisotopic (exact) mass is 133 g/mol. The van der Waals surface area contributed by atoms with Crippen molar-refractivity contribution in [1.82, 2.24) is 0 Å². The van der Waals surface area contributed by atoms with Crippen LogP contribution < -0.4 is 0 Å². The van der Waals surface area contributed by atoms with E-state index in [2.05, 4.69) is 15.8 Å². The Kier molecular flexibility index (Phi) is 16.2. The van der Waals surface area contributed by atoms with E-state index in [1.54, 1.807) is 0 Å². The molecule has 33 valence electrons. The summed E-state index contributed by atoms with van der Waals surface area (Å²) in [5.74, 6) is 0. The predicted molar refractivity (Wildman–Crippen MR) is 24.8 cm³/mol. The van der Waals surface area contributed by atoms with Crippen LogP contribution in [0.25, 0.3) is 0 Å². The number of hydrogen-bond donors (Lipinski definition) is 0. The van der Waals surface area contributed by atoms with Crippen LogP contribution in [-0.2, 0) is 16.8 Å². The quantitative estimate of drug-likeness (QED) is 0.370. The number of rotatable bonds is 1. The van der Waals surface area contributed by atoms with Crippen molar-refractivity contribution in [3.63, 3.8) is 0 Å². The topological polar surface area (TPSA) is 0 Å². The second kappa shape index (κ2) is 8.82. The third-order valence-electron chi connectivity index (χ3n) is 0.167. The van der Waals surface area contributed by atoms with Gasteiger partial charge in [0.1, 0.15) is 0 Å². The number of hydrogen-bond acceptors (Lipinski definition) is 0. The first-order valence-electron chi connectivity index (χ1n) is 1.22. The van der Waals surface area contributed by atoms with Crippen molar-refractivity contribution < 1.29 is 16.8 Å². The molecular weight excluding hydrogens is 126 g/mol. The zero-order chi connectivity index (χ0) is 3.41. The fourth-order valence-corrected chi connectivity index (χ4v) is 0. The molecule has 0 aliphatic carbocycles. The van der Waals surface area contributed by atoms with Gasteiger partial charge < -0.3 is 0 Å². The molecule has 0 bridgehead atoms. The van der Waals surface area contributed by atoms with Gasteiger partial charge in [0.05, 0.1) is 0 Å². The minimum atomic E-state index is 0. The third-order valence-corrected chi connectivity index (χ3v) is 0.500. The first-order valence-corrected chi connectivity index (χ1v) is 2.04. The van der Waals surface area contributed by atoms with Gasteiger partial charge in [0.25, 0.3) is 0 Å². The van der Waals surface area contributed by atoms with Gasteiger partial charge in [-0.05, 0) is 6.16 Å². The van der Waals surface area contributed by atoms with Crippen molar-refractivity contribution in [3.05, 3.63) is 12.7 Å². The Morgan fingerprint density at radius 2 is 2.00 bits per heavy atom. The SMILES string of the molecule is C=CCP.[Co]. The summed E-state index contributed by atoms with van der Waals surface area (Å²) in [5, 5.41) is 0. The van der Waals surface area contributed by atoms with Crippen molar-refractivity contribution in [2.24, 2.45) is 0 Å². The van der Waals surface area contributed by atoms with Gasteiger partial charge >= 0.3 is 0 Å². The number of allylic oxidation sites excluding steroid dienone is 1. The summed E-state index contributed by atoms with van der Waals surface area (Å²) in [6, 6.07) is 0. The Morgan fingerprint density at radius 1 is 1.80 bits per heavy atom. The molecule has 1 atom stereocenters. The molecule has 5 heavy (non-hydrogen) atoms. The molecule has 0 aromatic carbocycles. The van der Waals surface area contributed by atoms with Crippen LogP contribution in [0.1, 0.15) is 0 Å². The summed E-state index contributed by atoms with van der Waals surface area (Å²) in [6.07, 6.45) is 2.84. The molecule has 0 heterocycles. The minimum absolute atomic E-state index is 0. The summed E-state index contributed by atoms with van der Waals surface area (Å²) in [6.45, 7) is 3.46. The van der Waals surface area contributed by atoms with E-state index in [1.165, 1.54) is 0 Å². The van der Waals surface area contributed by atoms with Gasteiger partial charge in [0.15, 0.2) is 0 Å². The van der Waals surface area contributed by atoms with E-state index in [4.69, 9.17) is 0 Å². The molecule has 0 nitrogen and oxygen atoms in total. The molecule has 0 aliphatic heterocycles. The summed E-state index contributed by atoms with van der Waals surface area (Å²) in [5.41, 5.74) is 0. The maximum absolute atomic E-state index is 3.46. The summed E-state index contributed by atoms with van der Waals surface area (Å²) in [4.78, 5) is 0. The van der Waals surface area contributed by atoms with Gasteiger partial charge in [-0.3, -0.25) is 0 Å². The van der Waals surface area contributed by atoms with Crippen molar-refractivity contribution >= 4 is 9.24 Å². The summed E-state index contributed by atoms with van der Waals surface area (Å²) in [7, 11) is 2.54. The van der Waals surface area contributed by atoms with Gasteiger partial charge in [-0.25, -0.2) is 0 Å². The summed E-state index contributed by atoms with van der Waals surface area (Å²) >= 11 is 0. The molecule has 1 radical (unpaired) electrons. The molecule has 0 rings (SSSR count). The van der Waals surface area contributed by atoms with Crippen molar-refractivity contribution in [3.8, 4) is 0 Å². The maximum Gasteiger partial charge on any atom is 0 e. The molecule has 1 unspecified atom stereocenters. The average molecular weight is 133 g/mol. The van der Waals surface area contributed by atoms with Crippen LogP contribution in [0.3, 0.4) is 0 Å². The molecule has 0 spiro atoms. The standard InChI is InChI=1S/C3H7P.Co/c1-2-3-4;/h2H,1,3-4H2;. The van der Waals surface area contributed by atoms with Crippen LogP contribution in [0.5, 0.6) is 0 Å². The molecule has 0 N–H and O–H groups in total. The van der Waals surface area contributed by atoms with Gasteiger partial charge in [0.2, 0.25) is 0 Å². The minimum Gasteiger partial charge on any atom is -0.134 e. The van der Waals surface area contributed by atoms with Crippen molar-refractivity contribution in [2.75, 3.05) is 6.16 Å². The molecular formula is C3H7CoP. The van der Waals surface area contributed by atoms with Crippen LogP contribution in [0.4, 0.5) is 0 Å². The zero-order valence-corrected chi connectivity index (χ0v) is 5.10. The van der Waals surface area contributed by atoms with Gasteiger partial charge in [0, 0.05) is 16.8 Å². The van der Waals surface area contributed by atoms with Gasteiger partial charge in [-0.1, -0.05) is 6.08 Å². The Morgan fingerprint density at radius 3 is 2.00 bits per heavy atom. The Hall–Kier alpha value is 0.676. The van der Waals surface area contributed by atoms with Crippen molar-refractivity contribution in [2.45, 2.75) is 0 Å². The largest absolute Gasteiger partial charge is 0.134 e. The first kappa shape index (κ1) is 9.18. The average Bonchev–Trinajstić information content (AvgIpc) is 1.37. The third kappa shape index (κ3) is 11.9. The van der Waals surface area contributed by atoms with E-state index < -0.39 is 0 Å².